The minimum Gasteiger partial charge on any atom is -0.396 e. The van der Waals surface area contributed by atoms with Crippen LogP contribution in [0.25, 0.3) is 0 Å². The van der Waals surface area contributed by atoms with Gasteiger partial charge in [-0.2, -0.15) is 0 Å². The van der Waals surface area contributed by atoms with E-state index in [4.69, 9.17) is 5.11 Å². The molecule has 0 saturated heterocycles. The quantitative estimate of drug-likeness (QED) is 0.648. The Bertz CT molecular complexity index is 142. The van der Waals surface area contributed by atoms with E-state index in [0.717, 1.165) is 18.3 Å². The third-order valence-electron chi connectivity index (χ3n) is 3.16. The van der Waals surface area contributed by atoms with E-state index in [9.17, 15) is 0 Å². The number of rotatable bonds is 5. The topological polar surface area (TPSA) is 20.2 Å². The van der Waals surface area contributed by atoms with E-state index in [1.165, 1.54) is 38.5 Å². The molecule has 0 amide bonds. The minimum atomic E-state index is 0.364. The Balaban J connectivity index is 2.20. The second-order valence-electron chi connectivity index (χ2n) is 4.29. The molecule has 1 saturated carbocycles. The Labute approximate surface area is 81.9 Å². The number of aliphatic hydroxyl groups excluding tert-OH is 1. The lowest BCUT2D eigenvalue weighted by Gasteiger charge is -2.28. The first-order valence-electron chi connectivity index (χ1n) is 5.58. The lowest BCUT2D eigenvalue weighted by molar-refractivity contribution is 0.223. The van der Waals surface area contributed by atoms with Crippen LogP contribution in [0.4, 0.5) is 0 Å². The second kappa shape index (κ2) is 6.20. The van der Waals surface area contributed by atoms with Crippen molar-refractivity contribution < 1.29 is 5.11 Å². The fraction of sp³-hybridized carbons (Fsp3) is 0.833. The van der Waals surface area contributed by atoms with E-state index in [-0.39, 0.29) is 0 Å². The van der Waals surface area contributed by atoms with Crippen LogP contribution in [0.2, 0.25) is 0 Å². The Morgan fingerprint density at radius 1 is 1.31 bits per heavy atom. The standard InChI is InChI=1S/C12H22O/c1-2-5-11-6-3-7-12(10-11)8-4-9-13/h2,11-13H,1,3-10H2. The van der Waals surface area contributed by atoms with E-state index >= 15 is 0 Å². The molecular formula is C12H22O. The predicted octanol–water partition coefficient (Wildman–Crippen LogP) is 3.14. The van der Waals surface area contributed by atoms with Crippen LogP contribution in [0, 0.1) is 11.8 Å². The van der Waals surface area contributed by atoms with Gasteiger partial charge in [-0.05, 0) is 37.5 Å². The van der Waals surface area contributed by atoms with Crippen molar-refractivity contribution in [1.82, 2.24) is 0 Å². The highest BCUT2D eigenvalue weighted by molar-refractivity contribution is 4.79. The summed E-state index contributed by atoms with van der Waals surface area (Å²) in [5, 5.41) is 8.75. The summed E-state index contributed by atoms with van der Waals surface area (Å²) in [5.74, 6) is 1.76. The number of aliphatic hydroxyl groups is 1. The number of hydrogen-bond acceptors (Lipinski definition) is 1. The van der Waals surface area contributed by atoms with Gasteiger partial charge in [0.05, 0.1) is 0 Å². The predicted molar refractivity (Wildman–Crippen MR) is 56.6 cm³/mol. The van der Waals surface area contributed by atoms with Crippen LogP contribution >= 0.6 is 0 Å². The van der Waals surface area contributed by atoms with Gasteiger partial charge in [-0.1, -0.05) is 25.3 Å². The van der Waals surface area contributed by atoms with Crippen molar-refractivity contribution in [3.8, 4) is 0 Å². The minimum absolute atomic E-state index is 0.364. The summed E-state index contributed by atoms with van der Waals surface area (Å²) in [5.41, 5.74) is 0. The Morgan fingerprint density at radius 2 is 2.08 bits per heavy atom. The first kappa shape index (κ1) is 10.8. The Morgan fingerprint density at radius 3 is 2.77 bits per heavy atom. The first-order chi connectivity index (χ1) is 6.36. The molecule has 1 nitrogen and oxygen atoms in total. The molecule has 1 fully saturated rings. The first-order valence-corrected chi connectivity index (χ1v) is 5.58. The SMILES string of the molecule is C=CCC1CCCC(CCCO)C1. The van der Waals surface area contributed by atoms with Gasteiger partial charge in [-0.3, -0.25) is 0 Å². The molecule has 2 unspecified atom stereocenters. The average molecular weight is 182 g/mol. The van der Waals surface area contributed by atoms with E-state index in [1.54, 1.807) is 0 Å². The molecule has 0 aliphatic heterocycles. The van der Waals surface area contributed by atoms with Gasteiger partial charge in [0, 0.05) is 6.61 Å². The highest BCUT2D eigenvalue weighted by Crippen LogP contribution is 2.33. The van der Waals surface area contributed by atoms with Gasteiger partial charge in [-0.25, -0.2) is 0 Å². The maximum absolute atomic E-state index is 8.75. The van der Waals surface area contributed by atoms with Crippen LogP contribution in [0.15, 0.2) is 12.7 Å². The zero-order valence-electron chi connectivity index (χ0n) is 8.54. The van der Waals surface area contributed by atoms with Gasteiger partial charge in [0.15, 0.2) is 0 Å². The summed E-state index contributed by atoms with van der Waals surface area (Å²) in [6, 6.07) is 0. The van der Waals surface area contributed by atoms with Crippen molar-refractivity contribution in [3.63, 3.8) is 0 Å². The van der Waals surface area contributed by atoms with Gasteiger partial charge in [0.2, 0.25) is 0 Å². The van der Waals surface area contributed by atoms with Crippen molar-refractivity contribution in [2.45, 2.75) is 44.9 Å². The molecule has 0 aromatic rings. The van der Waals surface area contributed by atoms with Crippen LogP contribution in [0.5, 0.6) is 0 Å². The van der Waals surface area contributed by atoms with Gasteiger partial charge in [0.25, 0.3) is 0 Å². The normalized spacial score (nSPS) is 28.7. The molecule has 13 heavy (non-hydrogen) atoms. The van der Waals surface area contributed by atoms with Crippen LogP contribution in [-0.2, 0) is 0 Å². The summed E-state index contributed by atoms with van der Waals surface area (Å²) in [6.07, 6.45) is 11.0. The molecule has 1 aliphatic carbocycles. The van der Waals surface area contributed by atoms with Crippen LogP contribution in [0.3, 0.4) is 0 Å². The molecule has 76 valence electrons. The highest BCUT2D eigenvalue weighted by atomic mass is 16.2. The zero-order chi connectivity index (χ0) is 9.52. The smallest absolute Gasteiger partial charge is 0.0431 e. The molecule has 1 heteroatoms. The third kappa shape index (κ3) is 3.95. The van der Waals surface area contributed by atoms with Crippen LogP contribution < -0.4 is 0 Å². The molecule has 0 heterocycles. The average Bonchev–Trinajstić information content (AvgIpc) is 2.16. The fourth-order valence-electron chi connectivity index (χ4n) is 2.49. The third-order valence-corrected chi connectivity index (χ3v) is 3.16. The molecule has 0 radical (unpaired) electrons. The lowest BCUT2D eigenvalue weighted by atomic mass is 9.78. The molecule has 0 bridgehead atoms. The number of hydrogen-bond donors (Lipinski definition) is 1. The maximum Gasteiger partial charge on any atom is 0.0431 e. The summed E-state index contributed by atoms with van der Waals surface area (Å²) < 4.78 is 0. The van der Waals surface area contributed by atoms with Crippen molar-refractivity contribution in [2.75, 3.05) is 6.61 Å². The molecule has 2 atom stereocenters. The van der Waals surface area contributed by atoms with Crippen molar-refractivity contribution in [1.29, 1.82) is 0 Å². The highest BCUT2D eigenvalue weighted by Gasteiger charge is 2.20. The molecule has 1 aliphatic rings. The van der Waals surface area contributed by atoms with E-state index in [0.29, 0.717) is 6.61 Å². The molecule has 1 N–H and O–H groups in total. The van der Waals surface area contributed by atoms with E-state index < -0.39 is 0 Å². The Hall–Kier alpha value is -0.300. The van der Waals surface area contributed by atoms with Crippen molar-refractivity contribution in [3.05, 3.63) is 12.7 Å². The van der Waals surface area contributed by atoms with Crippen molar-refractivity contribution in [2.24, 2.45) is 11.8 Å². The van der Waals surface area contributed by atoms with Gasteiger partial charge in [0.1, 0.15) is 0 Å². The van der Waals surface area contributed by atoms with E-state index in [1.807, 2.05) is 0 Å². The molecular weight excluding hydrogens is 160 g/mol. The molecule has 0 spiro atoms. The summed E-state index contributed by atoms with van der Waals surface area (Å²) in [7, 11) is 0. The zero-order valence-corrected chi connectivity index (χ0v) is 8.54. The van der Waals surface area contributed by atoms with Crippen LogP contribution in [-0.4, -0.2) is 11.7 Å². The van der Waals surface area contributed by atoms with E-state index in [2.05, 4.69) is 12.7 Å². The largest absolute Gasteiger partial charge is 0.396 e. The molecule has 0 aromatic carbocycles. The van der Waals surface area contributed by atoms with Gasteiger partial charge < -0.3 is 5.11 Å². The van der Waals surface area contributed by atoms with Gasteiger partial charge >= 0.3 is 0 Å². The monoisotopic (exact) mass is 182 g/mol. The maximum atomic E-state index is 8.75. The van der Waals surface area contributed by atoms with Gasteiger partial charge in [-0.15, -0.1) is 6.58 Å². The summed E-state index contributed by atoms with van der Waals surface area (Å²) >= 11 is 0. The lowest BCUT2D eigenvalue weighted by Crippen LogP contribution is -2.15. The fourth-order valence-corrected chi connectivity index (χ4v) is 2.49. The van der Waals surface area contributed by atoms with Crippen molar-refractivity contribution >= 4 is 0 Å². The second-order valence-corrected chi connectivity index (χ2v) is 4.29. The Kier molecular flexibility index (Phi) is 5.14. The molecule has 0 aromatic heterocycles. The van der Waals surface area contributed by atoms with Crippen LogP contribution in [0.1, 0.15) is 44.9 Å². The summed E-state index contributed by atoms with van der Waals surface area (Å²) in [6.45, 7) is 4.17. The molecule has 1 rings (SSSR count). The summed E-state index contributed by atoms with van der Waals surface area (Å²) in [4.78, 5) is 0. The number of allylic oxidation sites excluding steroid dienone is 1.